The summed E-state index contributed by atoms with van der Waals surface area (Å²) < 4.78 is 45.9. The Balaban J connectivity index is 2.19. The van der Waals surface area contributed by atoms with Crippen molar-refractivity contribution in [3.8, 4) is 0 Å². The number of ether oxygens (including phenoxy) is 1. The van der Waals surface area contributed by atoms with Crippen LogP contribution in [0.15, 0.2) is 42.6 Å². The van der Waals surface area contributed by atoms with Crippen molar-refractivity contribution in [1.82, 2.24) is 9.47 Å². The second-order valence-electron chi connectivity index (χ2n) is 8.15. The Bertz CT molecular complexity index is 807. The van der Waals surface area contributed by atoms with Crippen LogP contribution in [0.4, 0.5) is 13.2 Å². The molecular weight excluding hydrogens is 381 g/mol. The number of nitrogens with zero attached hydrogens (tertiary/aromatic N) is 2. The van der Waals surface area contributed by atoms with E-state index in [0.717, 1.165) is 11.8 Å². The molecule has 2 aromatic rings. The number of aromatic nitrogens is 1. The topological polar surface area (TPSA) is 34.5 Å². The standard InChI is InChI=1S/C22H29F3N2O2/c1-21(2,3)20(28)27(12-7-13-29-4)16-19-10-6-11-26(19)15-17-8-5-9-18(14-17)22(23,24)25/h5-6,8-11,14H,7,12-13,15-16H2,1-4H3. The highest BCUT2D eigenvalue weighted by Crippen LogP contribution is 2.30. The van der Waals surface area contributed by atoms with E-state index in [0.29, 0.717) is 38.2 Å². The van der Waals surface area contributed by atoms with E-state index < -0.39 is 17.2 Å². The fraction of sp³-hybridized carbons (Fsp3) is 0.500. The summed E-state index contributed by atoms with van der Waals surface area (Å²) in [5.41, 5.74) is 0.251. The normalized spacial score (nSPS) is 12.2. The first-order valence-corrected chi connectivity index (χ1v) is 9.61. The van der Waals surface area contributed by atoms with Gasteiger partial charge in [0.15, 0.2) is 0 Å². The van der Waals surface area contributed by atoms with Gasteiger partial charge in [-0.1, -0.05) is 32.9 Å². The molecule has 0 spiro atoms. The Hall–Kier alpha value is -2.28. The van der Waals surface area contributed by atoms with E-state index in [-0.39, 0.29) is 5.91 Å². The third-order valence-electron chi connectivity index (χ3n) is 4.59. The second kappa shape index (κ2) is 9.48. The molecule has 0 aliphatic heterocycles. The summed E-state index contributed by atoms with van der Waals surface area (Å²) in [4.78, 5) is 14.6. The maximum atomic E-state index is 13.0. The van der Waals surface area contributed by atoms with E-state index >= 15 is 0 Å². The number of carbonyl (C=O) groups is 1. The van der Waals surface area contributed by atoms with Crippen molar-refractivity contribution in [2.24, 2.45) is 5.41 Å². The Kier molecular flexibility index (Phi) is 7.52. The minimum Gasteiger partial charge on any atom is -0.385 e. The van der Waals surface area contributed by atoms with Gasteiger partial charge in [-0.25, -0.2) is 0 Å². The average molecular weight is 410 g/mol. The zero-order valence-electron chi connectivity index (χ0n) is 17.4. The van der Waals surface area contributed by atoms with E-state index in [4.69, 9.17) is 4.74 Å². The fourth-order valence-electron chi connectivity index (χ4n) is 3.11. The Morgan fingerprint density at radius 2 is 1.86 bits per heavy atom. The minimum absolute atomic E-state index is 0.0282. The Labute approximate surface area is 170 Å². The molecule has 0 radical (unpaired) electrons. The van der Waals surface area contributed by atoms with Gasteiger partial charge in [0.25, 0.3) is 0 Å². The largest absolute Gasteiger partial charge is 0.416 e. The molecule has 1 aromatic heterocycles. The zero-order valence-corrected chi connectivity index (χ0v) is 17.4. The third-order valence-corrected chi connectivity index (χ3v) is 4.59. The van der Waals surface area contributed by atoms with Crippen LogP contribution in [0.3, 0.4) is 0 Å². The van der Waals surface area contributed by atoms with Crippen molar-refractivity contribution >= 4 is 5.91 Å². The Morgan fingerprint density at radius 1 is 1.14 bits per heavy atom. The smallest absolute Gasteiger partial charge is 0.385 e. The molecule has 1 heterocycles. The maximum absolute atomic E-state index is 13.0. The van der Waals surface area contributed by atoms with Crippen molar-refractivity contribution in [3.05, 3.63) is 59.4 Å². The van der Waals surface area contributed by atoms with Crippen molar-refractivity contribution in [2.45, 2.75) is 46.5 Å². The maximum Gasteiger partial charge on any atom is 0.416 e. The van der Waals surface area contributed by atoms with Gasteiger partial charge in [-0.15, -0.1) is 0 Å². The van der Waals surface area contributed by atoms with Gasteiger partial charge in [0, 0.05) is 44.1 Å². The van der Waals surface area contributed by atoms with Gasteiger partial charge in [-0.3, -0.25) is 4.79 Å². The first kappa shape index (κ1) is 23.0. The van der Waals surface area contributed by atoms with Gasteiger partial charge < -0.3 is 14.2 Å². The fourth-order valence-corrected chi connectivity index (χ4v) is 3.11. The summed E-state index contributed by atoms with van der Waals surface area (Å²) in [5.74, 6) is 0.0282. The first-order valence-electron chi connectivity index (χ1n) is 9.61. The molecule has 0 bridgehead atoms. The van der Waals surface area contributed by atoms with E-state index in [1.165, 1.54) is 12.1 Å². The number of carbonyl (C=O) groups excluding carboxylic acids is 1. The molecule has 7 heteroatoms. The first-order chi connectivity index (χ1) is 13.5. The van der Waals surface area contributed by atoms with Crippen molar-refractivity contribution in [2.75, 3.05) is 20.3 Å². The van der Waals surface area contributed by atoms with Gasteiger partial charge in [0.2, 0.25) is 5.91 Å². The molecule has 0 unspecified atom stereocenters. The lowest BCUT2D eigenvalue weighted by Gasteiger charge is -2.30. The van der Waals surface area contributed by atoms with Crippen molar-refractivity contribution in [1.29, 1.82) is 0 Å². The summed E-state index contributed by atoms with van der Waals surface area (Å²) in [6, 6.07) is 9.07. The molecule has 0 aliphatic rings. The van der Waals surface area contributed by atoms with Gasteiger partial charge in [0.05, 0.1) is 12.1 Å². The SMILES string of the molecule is COCCCN(Cc1cccn1Cc1cccc(C(F)(F)F)c1)C(=O)C(C)(C)C. The molecule has 2 rings (SSSR count). The molecule has 4 nitrogen and oxygen atoms in total. The monoisotopic (exact) mass is 410 g/mol. The van der Waals surface area contributed by atoms with Crippen LogP contribution in [-0.4, -0.2) is 35.6 Å². The van der Waals surface area contributed by atoms with Gasteiger partial charge in [-0.2, -0.15) is 13.2 Å². The molecule has 1 amide bonds. The zero-order chi connectivity index (χ0) is 21.7. The molecule has 0 N–H and O–H groups in total. The van der Waals surface area contributed by atoms with Crippen molar-refractivity contribution in [3.63, 3.8) is 0 Å². The summed E-state index contributed by atoms with van der Waals surface area (Å²) in [5, 5.41) is 0. The van der Waals surface area contributed by atoms with Gasteiger partial charge in [0.1, 0.15) is 0 Å². The van der Waals surface area contributed by atoms with Crippen LogP contribution in [0, 0.1) is 5.41 Å². The van der Waals surface area contributed by atoms with Gasteiger partial charge in [-0.05, 0) is 36.2 Å². The molecular formula is C22H29F3N2O2. The van der Waals surface area contributed by atoms with Crippen LogP contribution in [-0.2, 0) is 28.8 Å². The number of benzene rings is 1. The minimum atomic E-state index is -4.37. The second-order valence-corrected chi connectivity index (χ2v) is 8.15. The number of methoxy groups -OCH3 is 1. The van der Waals surface area contributed by atoms with Crippen LogP contribution in [0.1, 0.15) is 44.0 Å². The average Bonchev–Trinajstić information content (AvgIpc) is 3.06. The van der Waals surface area contributed by atoms with E-state index in [2.05, 4.69) is 0 Å². The number of amides is 1. The molecule has 0 saturated heterocycles. The lowest BCUT2D eigenvalue weighted by Crippen LogP contribution is -2.40. The van der Waals surface area contributed by atoms with Crippen LogP contribution < -0.4 is 0 Å². The summed E-state index contributed by atoms with van der Waals surface area (Å²) in [6.45, 7) is 7.44. The number of alkyl halides is 3. The van der Waals surface area contributed by atoms with Crippen LogP contribution in [0.5, 0.6) is 0 Å². The number of hydrogen-bond acceptors (Lipinski definition) is 2. The molecule has 0 aliphatic carbocycles. The van der Waals surface area contributed by atoms with Gasteiger partial charge >= 0.3 is 6.18 Å². The van der Waals surface area contributed by atoms with E-state index in [1.54, 1.807) is 18.1 Å². The lowest BCUT2D eigenvalue weighted by atomic mass is 9.94. The lowest BCUT2D eigenvalue weighted by molar-refractivity contribution is -0.140. The highest BCUT2D eigenvalue weighted by atomic mass is 19.4. The highest BCUT2D eigenvalue weighted by molar-refractivity contribution is 5.81. The molecule has 160 valence electrons. The van der Waals surface area contributed by atoms with Crippen LogP contribution in [0.25, 0.3) is 0 Å². The number of hydrogen-bond donors (Lipinski definition) is 0. The molecule has 29 heavy (non-hydrogen) atoms. The predicted molar refractivity (Wildman–Crippen MR) is 106 cm³/mol. The molecule has 1 aromatic carbocycles. The highest BCUT2D eigenvalue weighted by Gasteiger charge is 2.30. The van der Waals surface area contributed by atoms with Crippen molar-refractivity contribution < 1.29 is 22.7 Å². The quantitative estimate of drug-likeness (QED) is 0.576. The molecule has 0 fully saturated rings. The van der Waals surface area contributed by atoms with E-state index in [1.807, 2.05) is 43.7 Å². The predicted octanol–water partition coefficient (Wildman–Crippen LogP) is 4.97. The summed E-state index contributed by atoms with van der Waals surface area (Å²) in [6.07, 6.45) is -1.83. The van der Waals surface area contributed by atoms with E-state index in [9.17, 15) is 18.0 Å². The number of rotatable bonds is 8. The molecule has 0 saturated carbocycles. The third kappa shape index (κ3) is 6.63. The summed E-state index contributed by atoms with van der Waals surface area (Å²) >= 11 is 0. The van der Waals surface area contributed by atoms with Crippen LogP contribution >= 0.6 is 0 Å². The molecule has 0 atom stereocenters. The Morgan fingerprint density at radius 3 is 2.48 bits per heavy atom. The van der Waals surface area contributed by atoms with Crippen LogP contribution in [0.2, 0.25) is 0 Å². The number of halogens is 3. The summed E-state index contributed by atoms with van der Waals surface area (Å²) in [7, 11) is 1.62.